The number of nitrogens with zero attached hydrogens (tertiary/aromatic N) is 3. The lowest BCUT2D eigenvalue weighted by atomic mass is 9.81. The zero-order valence-electron chi connectivity index (χ0n) is 26.6. The first-order chi connectivity index (χ1) is 21.0. The summed E-state index contributed by atoms with van der Waals surface area (Å²) in [6.07, 6.45) is 6.60. The van der Waals surface area contributed by atoms with Crippen LogP contribution in [0, 0.1) is 11.3 Å². The summed E-state index contributed by atoms with van der Waals surface area (Å²) < 4.78 is 17.9. The molecule has 0 aliphatic carbocycles. The van der Waals surface area contributed by atoms with Crippen LogP contribution in [-0.4, -0.2) is 71.6 Å². The molecule has 0 radical (unpaired) electrons. The summed E-state index contributed by atoms with van der Waals surface area (Å²) >= 11 is 5.41. The second-order valence-corrected chi connectivity index (χ2v) is 12.4. The third kappa shape index (κ3) is 6.04. The van der Waals surface area contributed by atoms with E-state index in [4.69, 9.17) is 26.4 Å². The van der Waals surface area contributed by atoms with Crippen LogP contribution in [0.25, 0.3) is 0 Å². The van der Waals surface area contributed by atoms with Crippen LogP contribution in [0.4, 0.5) is 5.69 Å². The van der Waals surface area contributed by atoms with Crippen molar-refractivity contribution in [3.8, 4) is 5.75 Å². The van der Waals surface area contributed by atoms with E-state index in [1.165, 1.54) is 23.0 Å². The summed E-state index contributed by atoms with van der Waals surface area (Å²) in [4.78, 5) is 55.7. The molecule has 3 atom stereocenters. The van der Waals surface area contributed by atoms with Crippen molar-refractivity contribution in [3.05, 3.63) is 47.9 Å². The van der Waals surface area contributed by atoms with Crippen LogP contribution in [0.3, 0.4) is 0 Å². The van der Waals surface area contributed by atoms with Crippen molar-refractivity contribution in [1.82, 2.24) is 14.3 Å². The Morgan fingerprint density at radius 2 is 1.73 bits per heavy atom. The Bertz CT molecular complexity index is 1360. The van der Waals surface area contributed by atoms with E-state index in [0.717, 1.165) is 24.9 Å². The summed E-state index contributed by atoms with van der Waals surface area (Å²) in [7, 11) is 1.35. The fourth-order valence-electron chi connectivity index (χ4n) is 6.41. The molecular weight excluding hydrogens is 582 g/mol. The zero-order chi connectivity index (χ0) is 32.2. The maximum atomic E-state index is 13.8. The van der Waals surface area contributed by atoms with Gasteiger partial charge in [-0.2, -0.15) is 4.48 Å². The van der Waals surface area contributed by atoms with E-state index in [9.17, 15) is 19.2 Å². The molecule has 4 rings (SSSR count). The van der Waals surface area contributed by atoms with Crippen molar-refractivity contribution in [2.24, 2.45) is 11.3 Å². The minimum absolute atomic E-state index is 0.00744. The number of quaternary nitrogens is 1. The van der Waals surface area contributed by atoms with E-state index in [2.05, 4.69) is 0 Å². The highest BCUT2D eigenvalue weighted by atomic mass is 32.1. The lowest BCUT2D eigenvalue weighted by molar-refractivity contribution is -0.165. The molecule has 10 nitrogen and oxygen atoms in total. The summed E-state index contributed by atoms with van der Waals surface area (Å²) in [6.45, 7) is 10.3. The number of carbonyl (C=O) groups excluding carboxylic acids is 4. The molecule has 0 bridgehead atoms. The number of benzene rings is 1. The number of thiocarbonyl (C=S) groups is 1. The van der Waals surface area contributed by atoms with Crippen LogP contribution in [0.2, 0.25) is 0 Å². The Labute approximate surface area is 265 Å². The molecule has 0 saturated carbocycles. The van der Waals surface area contributed by atoms with E-state index in [1.54, 1.807) is 19.9 Å². The highest BCUT2D eigenvalue weighted by Gasteiger charge is 2.54. The number of ether oxygens (including phenoxy) is 3. The number of methoxy groups -OCH3 is 1. The Morgan fingerprint density at radius 1 is 1.07 bits per heavy atom. The number of hydrogen-bond acceptors (Lipinski definition) is 8. The van der Waals surface area contributed by atoms with Crippen LogP contribution in [-0.2, 0) is 28.7 Å². The fraction of sp³-hybridized carbons (Fsp3) is 0.545. The number of allylic oxidation sites excluding steroid dienone is 2. The Morgan fingerprint density at radius 3 is 2.34 bits per heavy atom. The first-order valence-electron chi connectivity index (χ1n) is 15.5. The summed E-state index contributed by atoms with van der Waals surface area (Å²) in [5.41, 5.74) is -0.00941. The van der Waals surface area contributed by atoms with Crippen molar-refractivity contribution in [1.29, 1.82) is 0 Å². The standard InChI is InChI=1S/C33H44N3O7S/c1-7-22(21-33(4,5)31(40)41-6)30(39)43-26-17-11-10-14-20-36(26)24-15-12-13-16-25(24)42-27(36)19-18-23-28(37)34(8-2)32(44)35(9-3)29(23)38/h12-13,15-16,18-19,22,26H,7-11,14,17,20-21H2,1-6H3/q+1. The zero-order valence-corrected chi connectivity index (χ0v) is 27.4. The first-order valence-corrected chi connectivity index (χ1v) is 15.9. The molecule has 3 aliphatic rings. The first kappa shape index (κ1) is 33.3. The van der Waals surface area contributed by atoms with Crippen LogP contribution in [0.5, 0.6) is 5.75 Å². The Hall–Kier alpha value is -3.57. The van der Waals surface area contributed by atoms with Gasteiger partial charge in [-0.3, -0.25) is 29.0 Å². The fourth-order valence-corrected chi connectivity index (χ4v) is 6.83. The smallest absolute Gasteiger partial charge is 0.313 e. The van der Waals surface area contributed by atoms with Crippen molar-refractivity contribution in [3.63, 3.8) is 0 Å². The molecule has 11 heteroatoms. The Balaban J connectivity index is 1.77. The van der Waals surface area contributed by atoms with Gasteiger partial charge in [-0.05, 0) is 84.2 Å². The number of amides is 2. The molecule has 1 aromatic carbocycles. The number of esters is 2. The van der Waals surface area contributed by atoms with Gasteiger partial charge >= 0.3 is 17.8 Å². The highest BCUT2D eigenvalue weighted by Crippen LogP contribution is 2.49. The van der Waals surface area contributed by atoms with Crippen LogP contribution < -0.4 is 9.22 Å². The third-order valence-corrected chi connectivity index (χ3v) is 9.31. The number of carbonyl (C=O) groups is 4. The summed E-state index contributed by atoms with van der Waals surface area (Å²) in [6, 6.07) is 7.65. The van der Waals surface area contributed by atoms with Gasteiger partial charge in [0.15, 0.2) is 16.5 Å². The molecule has 238 valence electrons. The second kappa shape index (κ2) is 13.6. The minimum Gasteiger partial charge on any atom is -0.469 e. The van der Waals surface area contributed by atoms with Gasteiger partial charge in [0.05, 0.1) is 25.0 Å². The average molecular weight is 627 g/mol. The topological polar surface area (TPSA) is 102 Å². The number of para-hydroxylation sites is 2. The molecule has 2 amide bonds. The number of fused-ring (bicyclic) bond motifs is 2. The maximum absolute atomic E-state index is 13.8. The number of rotatable bonds is 9. The van der Waals surface area contributed by atoms with Gasteiger partial charge in [-0.15, -0.1) is 0 Å². The normalized spacial score (nSPS) is 23.8. The van der Waals surface area contributed by atoms with Gasteiger partial charge in [0.25, 0.3) is 11.8 Å². The van der Waals surface area contributed by atoms with Crippen molar-refractivity contribution < 1.29 is 33.4 Å². The van der Waals surface area contributed by atoms with Crippen LogP contribution >= 0.6 is 12.2 Å². The maximum Gasteiger partial charge on any atom is 0.313 e. The van der Waals surface area contributed by atoms with Crippen molar-refractivity contribution in [2.45, 2.75) is 79.4 Å². The summed E-state index contributed by atoms with van der Waals surface area (Å²) in [5, 5.41) is 0.197. The lowest BCUT2D eigenvalue weighted by Gasteiger charge is -2.38. The van der Waals surface area contributed by atoms with Crippen LogP contribution in [0.15, 0.2) is 47.9 Å². The summed E-state index contributed by atoms with van der Waals surface area (Å²) in [5.74, 6) is -1.07. The van der Waals surface area contributed by atoms with Gasteiger partial charge in [-0.1, -0.05) is 19.1 Å². The molecule has 2 fully saturated rings. The van der Waals surface area contributed by atoms with Gasteiger partial charge < -0.3 is 14.2 Å². The van der Waals surface area contributed by atoms with E-state index >= 15 is 0 Å². The van der Waals surface area contributed by atoms with Gasteiger partial charge in [0.2, 0.25) is 6.23 Å². The molecule has 3 heterocycles. The van der Waals surface area contributed by atoms with Crippen molar-refractivity contribution >= 4 is 46.8 Å². The quantitative estimate of drug-likeness (QED) is 0.121. The highest BCUT2D eigenvalue weighted by molar-refractivity contribution is 7.80. The van der Waals surface area contributed by atoms with E-state index < -0.39 is 29.4 Å². The molecule has 0 N–H and O–H groups in total. The predicted octanol–water partition coefficient (Wildman–Crippen LogP) is 5.21. The van der Waals surface area contributed by atoms with E-state index in [-0.39, 0.29) is 33.5 Å². The molecule has 2 saturated heterocycles. The van der Waals surface area contributed by atoms with E-state index in [1.807, 2.05) is 45.0 Å². The number of likely N-dealkylation sites (N-methyl/N-ethyl adjacent to an activating group) is 2. The Kier molecular flexibility index (Phi) is 10.3. The third-order valence-electron chi connectivity index (χ3n) is 8.87. The van der Waals surface area contributed by atoms with E-state index in [0.29, 0.717) is 44.1 Å². The van der Waals surface area contributed by atoms with Gasteiger partial charge in [-0.25, -0.2) is 0 Å². The molecule has 1 spiro atoms. The predicted molar refractivity (Wildman–Crippen MR) is 170 cm³/mol. The molecule has 3 unspecified atom stereocenters. The van der Waals surface area contributed by atoms with Crippen LogP contribution in [0.1, 0.15) is 73.1 Å². The molecule has 1 aromatic rings. The molecular formula is C33H44N3O7S+. The van der Waals surface area contributed by atoms with Gasteiger partial charge in [0, 0.05) is 31.7 Å². The minimum atomic E-state index is -0.856. The lowest BCUT2D eigenvalue weighted by Crippen LogP contribution is -2.57. The molecule has 0 aromatic heterocycles. The van der Waals surface area contributed by atoms with Crippen molar-refractivity contribution in [2.75, 3.05) is 26.7 Å². The SMILES string of the molecule is CCC(CC(C)(C)C(=O)OC)C(=O)OC1CCCCC[N+]12C(=CC=C1C(=O)N(CC)C(=S)N(CC)C1=O)Oc1ccccc12. The molecule has 44 heavy (non-hydrogen) atoms. The second-order valence-electron chi connectivity index (χ2n) is 12.1. The number of hydrogen-bond donors (Lipinski definition) is 0. The average Bonchev–Trinajstić information content (AvgIpc) is 3.17. The largest absolute Gasteiger partial charge is 0.469 e. The molecule has 3 aliphatic heterocycles. The monoisotopic (exact) mass is 626 g/mol. The van der Waals surface area contributed by atoms with Gasteiger partial charge in [0.1, 0.15) is 5.57 Å².